The first-order valence-corrected chi connectivity index (χ1v) is 20.0. The summed E-state index contributed by atoms with van der Waals surface area (Å²) in [7, 11) is 0. The lowest BCUT2D eigenvalue weighted by atomic mass is 9.82. The van der Waals surface area contributed by atoms with Crippen molar-refractivity contribution in [2.24, 2.45) is 11.8 Å². The molecule has 1 heterocycles. The van der Waals surface area contributed by atoms with E-state index in [2.05, 4.69) is 205 Å². The maximum absolute atomic E-state index is 5.52. The molecule has 1 aliphatic rings. The molecule has 4 N–H and O–H groups in total. The van der Waals surface area contributed by atoms with E-state index in [9.17, 15) is 0 Å². The normalized spacial score (nSPS) is 12.8. The number of aromatic nitrogens is 1. The van der Waals surface area contributed by atoms with Gasteiger partial charge in [0, 0.05) is 38.9 Å². The molecule has 0 atom stereocenters. The predicted octanol–water partition coefficient (Wildman–Crippen LogP) is 12.7. The molecule has 0 spiro atoms. The smallest absolute Gasteiger partial charge is 0.0930 e. The zero-order valence-electron chi connectivity index (χ0n) is 33.1. The summed E-state index contributed by atoms with van der Waals surface area (Å²) >= 11 is 0. The van der Waals surface area contributed by atoms with E-state index in [1.54, 1.807) is 0 Å². The van der Waals surface area contributed by atoms with Crippen LogP contribution >= 0.6 is 0 Å². The Bertz CT molecular complexity index is 2970. The molecule has 0 radical (unpaired) electrons. The number of benzene rings is 8. The second kappa shape index (κ2) is 14.9. The van der Waals surface area contributed by atoms with Gasteiger partial charge < -0.3 is 9.47 Å². The molecule has 9 aromatic rings. The summed E-state index contributed by atoms with van der Waals surface area (Å²) in [6.07, 6.45) is 0. The van der Waals surface area contributed by atoms with Crippen LogP contribution in [0.15, 0.2) is 182 Å². The van der Waals surface area contributed by atoms with Gasteiger partial charge in [-0.15, -0.1) is 0 Å². The lowest BCUT2D eigenvalue weighted by molar-refractivity contribution is 0.124. The van der Waals surface area contributed by atoms with Crippen LogP contribution in [0, 0.1) is 0 Å². The van der Waals surface area contributed by atoms with Crippen LogP contribution in [0.5, 0.6) is 0 Å². The van der Waals surface area contributed by atoms with Gasteiger partial charge in [0.25, 0.3) is 0 Å². The van der Waals surface area contributed by atoms with E-state index < -0.39 is 0 Å². The van der Waals surface area contributed by atoms with Crippen LogP contribution in [-0.4, -0.2) is 4.57 Å². The van der Waals surface area contributed by atoms with Crippen molar-refractivity contribution in [2.75, 3.05) is 4.90 Å². The Morgan fingerprint density at radius 2 is 0.983 bits per heavy atom. The van der Waals surface area contributed by atoms with E-state index in [4.69, 9.17) is 21.5 Å². The second-order valence-electron chi connectivity index (χ2n) is 15.9. The largest absolute Gasteiger partial charge is 0.310 e. The van der Waals surface area contributed by atoms with Crippen LogP contribution in [0.1, 0.15) is 36.1 Å². The maximum Gasteiger partial charge on any atom is 0.0930 e. The molecule has 0 saturated heterocycles. The standard InChI is InChI=1S/C53H44N4O2/c1-53(2)49-11-7-6-10-45(49)46-27-26-44(32-50(46)53)56(41-22-15-38(16-23-41)37-8-4-3-5-9-37)42-24-17-39(18-25-42)40-19-29-52-48(31-40)47-30-36(34-59-55)14-28-51(47)57(52)43-20-12-35(13-21-43)33-58-54/h3-32H,33-34,54-55H2,1-2H3. The average molecular weight is 769 g/mol. The lowest BCUT2D eigenvalue weighted by Gasteiger charge is -2.28. The lowest BCUT2D eigenvalue weighted by Crippen LogP contribution is -2.16. The molecule has 8 aromatic carbocycles. The Hall–Kier alpha value is -6.80. The van der Waals surface area contributed by atoms with Crippen molar-refractivity contribution in [3.05, 3.63) is 204 Å². The fraction of sp³-hybridized carbons (Fsp3) is 0.0943. The molecule has 288 valence electrons. The van der Waals surface area contributed by atoms with E-state index in [-0.39, 0.29) is 5.41 Å². The Morgan fingerprint density at radius 3 is 1.68 bits per heavy atom. The quantitative estimate of drug-likeness (QED) is 0.135. The van der Waals surface area contributed by atoms with E-state index in [1.165, 1.54) is 33.4 Å². The van der Waals surface area contributed by atoms with E-state index >= 15 is 0 Å². The number of hydrogen-bond acceptors (Lipinski definition) is 5. The van der Waals surface area contributed by atoms with E-state index in [0.717, 1.165) is 66.8 Å². The summed E-state index contributed by atoms with van der Waals surface area (Å²) in [5.41, 5.74) is 18.5. The van der Waals surface area contributed by atoms with E-state index in [1.807, 2.05) is 0 Å². The molecule has 0 bridgehead atoms. The zero-order chi connectivity index (χ0) is 40.1. The number of nitrogens with two attached hydrogens (primary N) is 2. The van der Waals surface area contributed by atoms with Gasteiger partial charge in [0.05, 0.1) is 24.2 Å². The minimum atomic E-state index is -0.114. The van der Waals surface area contributed by atoms with Crippen molar-refractivity contribution in [1.29, 1.82) is 0 Å². The molecule has 6 nitrogen and oxygen atoms in total. The molecular formula is C53H44N4O2. The second-order valence-corrected chi connectivity index (χ2v) is 15.9. The molecule has 0 aliphatic heterocycles. The van der Waals surface area contributed by atoms with Crippen LogP contribution in [0.25, 0.3) is 60.9 Å². The number of hydrogen-bond donors (Lipinski definition) is 2. The van der Waals surface area contributed by atoms with Gasteiger partial charge in [-0.3, -0.25) is 9.68 Å². The molecule has 59 heavy (non-hydrogen) atoms. The van der Waals surface area contributed by atoms with Crippen LogP contribution in [0.2, 0.25) is 0 Å². The van der Waals surface area contributed by atoms with Gasteiger partial charge in [-0.2, -0.15) is 0 Å². The summed E-state index contributed by atoms with van der Waals surface area (Å²) in [4.78, 5) is 12.3. The number of nitrogens with zero attached hydrogens (tertiary/aromatic N) is 2. The molecule has 0 saturated carbocycles. The Balaban J connectivity index is 1.06. The van der Waals surface area contributed by atoms with E-state index in [0.29, 0.717) is 13.2 Å². The van der Waals surface area contributed by atoms with Crippen LogP contribution in [0.3, 0.4) is 0 Å². The summed E-state index contributed by atoms with van der Waals surface area (Å²) in [5, 5.41) is 2.28. The molecule has 6 heteroatoms. The molecule has 1 aliphatic carbocycles. The van der Waals surface area contributed by atoms with Gasteiger partial charge in [-0.25, -0.2) is 11.8 Å². The Morgan fingerprint density at radius 1 is 0.458 bits per heavy atom. The fourth-order valence-corrected chi connectivity index (χ4v) is 9.07. The van der Waals surface area contributed by atoms with Crippen molar-refractivity contribution in [2.45, 2.75) is 32.5 Å². The van der Waals surface area contributed by atoms with Crippen molar-refractivity contribution in [3.63, 3.8) is 0 Å². The number of fused-ring (bicyclic) bond motifs is 6. The Kier molecular flexibility index (Phi) is 9.20. The van der Waals surface area contributed by atoms with Gasteiger partial charge in [0.15, 0.2) is 0 Å². The van der Waals surface area contributed by atoms with Gasteiger partial charge >= 0.3 is 0 Å². The van der Waals surface area contributed by atoms with Gasteiger partial charge in [0.2, 0.25) is 0 Å². The minimum absolute atomic E-state index is 0.114. The number of rotatable bonds is 10. The van der Waals surface area contributed by atoms with Crippen LogP contribution in [-0.2, 0) is 28.3 Å². The summed E-state index contributed by atoms with van der Waals surface area (Å²) < 4.78 is 2.30. The van der Waals surface area contributed by atoms with Gasteiger partial charge in [0.1, 0.15) is 0 Å². The fourth-order valence-electron chi connectivity index (χ4n) is 9.07. The highest BCUT2D eigenvalue weighted by atomic mass is 16.6. The summed E-state index contributed by atoms with van der Waals surface area (Å²) in [6.45, 7) is 5.36. The highest BCUT2D eigenvalue weighted by molar-refractivity contribution is 6.10. The third-order valence-corrected chi connectivity index (χ3v) is 12.0. The topological polar surface area (TPSA) is 78.7 Å². The molecule has 0 unspecified atom stereocenters. The highest BCUT2D eigenvalue weighted by Crippen LogP contribution is 2.50. The van der Waals surface area contributed by atoms with Crippen molar-refractivity contribution in [1.82, 2.24) is 4.57 Å². The SMILES string of the molecule is CC1(C)c2ccccc2-c2ccc(N(c3ccc(-c4ccccc4)cc3)c3ccc(-c4ccc5c(c4)c4cc(CON)ccc4n5-c4ccc(CON)cc4)cc3)cc21. The van der Waals surface area contributed by atoms with Crippen molar-refractivity contribution < 1.29 is 9.68 Å². The van der Waals surface area contributed by atoms with Gasteiger partial charge in [-0.05, 0) is 128 Å². The van der Waals surface area contributed by atoms with Crippen LogP contribution in [0.4, 0.5) is 17.1 Å². The highest BCUT2D eigenvalue weighted by Gasteiger charge is 2.35. The first-order chi connectivity index (χ1) is 28.9. The monoisotopic (exact) mass is 768 g/mol. The molecule has 1 aromatic heterocycles. The molecule has 0 amide bonds. The molecule has 0 fully saturated rings. The third kappa shape index (κ3) is 6.40. The zero-order valence-corrected chi connectivity index (χ0v) is 33.1. The van der Waals surface area contributed by atoms with Crippen LogP contribution < -0.4 is 16.7 Å². The first kappa shape index (κ1) is 36.5. The summed E-state index contributed by atoms with van der Waals surface area (Å²) in [5.74, 6) is 10.9. The summed E-state index contributed by atoms with van der Waals surface area (Å²) in [6, 6.07) is 65.6. The van der Waals surface area contributed by atoms with Gasteiger partial charge in [-0.1, -0.05) is 123 Å². The first-order valence-electron chi connectivity index (χ1n) is 20.0. The van der Waals surface area contributed by atoms with Crippen molar-refractivity contribution in [3.8, 4) is 39.1 Å². The third-order valence-electron chi connectivity index (χ3n) is 12.0. The average Bonchev–Trinajstić information content (AvgIpc) is 3.72. The maximum atomic E-state index is 5.52. The van der Waals surface area contributed by atoms with Crippen molar-refractivity contribution >= 4 is 38.9 Å². The predicted molar refractivity (Wildman–Crippen MR) is 242 cm³/mol. The minimum Gasteiger partial charge on any atom is -0.310 e. The molecule has 10 rings (SSSR count). The molecular weight excluding hydrogens is 725 g/mol. The number of anilines is 3. The Labute approximate surface area is 344 Å².